The molecule has 2 amide bonds. The van der Waals surface area contributed by atoms with E-state index in [4.69, 9.17) is 14.2 Å². The molecule has 1 aromatic rings. The number of urea groups is 1. The molecule has 0 aliphatic rings. The number of rotatable bonds is 8. The number of methoxy groups -OCH3 is 3. The normalized spacial score (nSPS) is 9.90. The molecule has 21 heavy (non-hydrogen) atoms. The summed E-state index contributed by atoms with van der Waals surface area (Å²) in [6, 6.07) is 3.49. The van der Waals surface area contributed by atoms with Gasteiger partial charge in [0.25, 0.3) is 0 Å². The van der Waals surface area contributed by atoms with E-state index in [-0.39, 0.29) is 6.03 Å². The molecule has 0 radical (unpaired) electrons. The minimum atomic E-state index is -0.156. The van der Waals surface area contributed by atoms with Crippen LogP contribution in [0.3, 0.4) is 0 Å². The zero-order valence-electron chi connectivity index (χ0n) is 13.1. The first-order valence-corrected chi connectivity index (χ1v) is 6.96. The van der Waals surface area contributed by atoms with Crippen LogP contribution in [-0.4, -0.2) is 40.5 Å². The van der Waals surface area contributed by atoms with Crippen molar-refractivity contribution in [2.24, 2.45) is 0 Å². The number of carbonyl (C=O) groups is 1. The topological polar surface area (TPSA) is 68.8 Å². The van der Waals surface area contributed by atoms with Crippen LogP contribution in [-0.2, 0) is 6.42 Å². The quantitative estimate of drug-likeness (QED) is 0.769. The number of nitrogens with one attached hydrogen (secondary N) is 2. The van der Waals surface area contributed by atoms with E-state index in [1.807, 2.05) is 13.0 Å². The fourth-order valence-corrected chi connectivity index (χ4v) is 1.90. The van der Waals surface area contributed by atoms with Gasteiger partial charge >= 0.3 is 6.03 Å². The molecule has 2 N–H and O–H groups in total. The molecular weight excluding hydrogens is 272 g/mol. The first kappa shape index (κ1) is 16.9. The van der Waals surface area contributed by atoms with Crippen molar-refractivity contribution >= 4 is 6.03 Å². The number of carbonyl (C=O) groups excluding carboxylic acids is 1. The van der Waals surface area contributed by atoms with Crippen molar-refractivity contribution in [3.8, 4) is 17.2 Å². The number of ether oxygens (including phenoxy) is 3. The van der Waals surface area contributed by atoms with Crippen molar-refractivity contribution < 1.29 is 19.0 Å². The van der Waals surface area contributed by atoms with Crippen molar-refractivity contribution in [2.75, 3.05) is 34.4 Å². The van der Waals surface area contributed by atoms with Gasteiger partial charge in [0.1, 0.15) is 5.75 Å². The summed E-state index contributed by atoms with van der Waals surface area (Å²) < 4.78 is 15.9. The van der Waals surface area contributed by atoms with Gasteiger partial charge in [0.2, 0.25) is 0 Å². The van der Waals surface area contributed by atoms with Gasteiger partial charge in [-0.1, -0.05) is 6.92 Å². The zero-order chi connectivity index (χ0) is 15.7. The van der Waals surface area contributed by atoms with Crippen LogP contribution in [0.4, 0.5) is 4.79 Å². The van der Waals surface area contributed by atoms with Gasteiger partial charge in [-0.15, -0.1) is 0 Å². The largest absolute Gasteiger partial charge is 0.496 e. The Bertz CT molecular complexity index is 463. The standard InChI is InChI=1S/C15H24N2O4/c1-5-7-16-15(18)17-8-6-11-9-13(20-3)14(21-4)10-12(11)19-2/h9-10H,5-8H2,1-4H3,(H2,16,17,18). The fraction of sp³-hybridized carbons (Fsp3) is 0.533. The molecule has 0 heterocycles. The Kier molecular flexibility index (Phi) is 7.21. The SMILES string of the molecule is CCCNC(=O)NCCc1cc(OC)c(OC)cc1OC. The molecular formula is C15H24N2O4. The third-order valence-corrected chi connectivity index (χ3v) is 3.00. The highest BCUT2D eigenvalue weighted by molar-refractivity contribution is 5.73. The van der Waals surface area contributed by atoms with Gasteiger partial charge in [-0.05, 0) is 24.5 Å². The van der Waals surface area contributed by atoms with Gasteiger partial charge in [0, 0.05) is 19.2 Å². The maximum absolute atomic E-state index is 11.5. The highest BCUT2D eigenvalue weighted by Crippen LogP contribution is 2.34. The van der Waals surface area contributed by atoms with Crippen molar-refractivity contribution in [2.45, 2.75) is 19.8 Å². The predicted molar refractivity (Wildman–Crippen MR) is 81.5 cm³/mol. The minimum absolute atomic E-state index is 0.156. The van der Waals surface area contributed by atoms with E-state index in [1.54, 1.807) is 27.4 Å². The van der Waals surface area contributed by atoms with Gasteiger partial charge in [0.05, 0.1) is 21.3 Å². The molecule has 0 spiro atoms. The summed E-state index contributed by atoms with van der Waals surface area (Å²) in [7, 11) is 4.77. The second-order valence-corrected chi connectivity index (χ2v) is 4.45. The smallest absolute Gasteiger partial charge is 0.314 e. The van der Waals surface area contributed by atoms with E-state index < -0.39 is 0 Å². The monoisotopic (exact) mass is 296 g/mol. The summed E-state index contributed by atoms with van der Waals surface area (Å²) in [6.45, 7) is 3.20. The molecule has 6 nitrogen and oxygen atoms in total. The van der Waals surface area contributed by atoms with Crippen molar-refractivity contribution in [1.82, 2.24) is 10.6 Å². The Balaban J connectivity index is 2.67. The molecule has 0 unspecified atom stereocenters. The maximum Gasteiger partial charge on any atom is 0.314 e. The lowest BCUT2D eigenvalue weighted by Gasteiger charge is -2.14. The maximum atomic E-state index is 11.5. The van der Waals surface area contributed by atoms with Crippen LogP contribution in [0, 0.1) is 0 Å². The van der Waals surface area contributed by atoms with Crippen LogP contribution < -0.4 is 24.8 Å². The lowest BCUT2D eigenvalue weighted by molar-refractivity contribution is 0.241. The van der Waals surface area contributed by atoms with Crippen LogP contribution >= 0.6 is 0 Å². The first-order chi connectivity index (χ1) is 10.2. The predicted octanol–water partition coefficient (Wildman–Crippen LogP) is 1.96. The Hall–Kier alpha value is -2.11. The van der Waals surface area contributed by atoms with E-state index in [2.05, 4.69) is 10.6 Å². The molecule has 0 bridgehead atoms. The molecule has 118 valence electrons. The van der Waals surface area contributed by atoms with Gasteiger partial charge in [-0.25, -0.2) is 4.79 Å². The lowest BCUT2D eigenvalue weighted by Crippen LogP contribution is -2.36. The summed E-state index contributed by atoms with van der Waals surface area (Å²) in [5, 5.41) is 5.57. The molecule has 0 aliphatic carbocycles. The molecule has 0 saturated carbocycles. The van der Waals surface area contributed by atoms with Crippen LogP contribution in [0.1, 0.15) is 18.9 Å². The third-order valence-electron chi connectivity index (χ3n) is 3.00. The minimum Gasteiger partial charge on any atom is -0.496 e. The Morgan fingerprint density at radius 3 is 2.10 bits per heavy atom. The molecule has 0 atom stereocenters. The van der Waals surface area contributed by atoms with Crippen molar-refractivity contribution in [3.63, 3.8) is 0 Å². The Labute approximate surface area is 125 Å². The summed E-state index contributed by atoms with van der Waals surface area (Å²) in [6.07, 6.45) is 1.56. The molecule has 1 rings (SSSR count). The van der Waals surface area contributed by atoms with E-state index >= 15 is 0 Å². The number of amides is 2. The molecule has 6 heteroatoms. The zero-order valence-corrected chi connectivity index (χ0v) is 13.1. The summed E-state index contributed by atoms with van der Waals surface area (Å²) >= 11 is 0. The Morgan fingerprint density at radius 2 is 1.52 bits per heavy atom. The van der Waals surface area contributed by atoms with Crippen LogP contribution in [0.25, 0.3) is 0 Å². The highest BCUT2D eigenvalue weighted by Gasteiger charge is 2.11. The van der Waals surface area contributed by atoms with Crippen LogP contribution in [0.15, 0.2) is 12.1 Å². The Morgan fingerprint density at radius 1 is 0.952 bits per heavy atom. The highest BCUT2D eigenvalue weighted by atomic mass is 16.5. The average molecular weight is 296 g/mol. The van der Waals surface area contributed by atoms with E-state index in [0.29, 0.717) is 36.8 Å². The first-order valence-electron chi connectivity index (χ1n) is 6.96. The average Bonchev–Trinajstić information content (AvgIpc) is 2.52. The second kappa shape index (κ2) is 8.94. The molecule has 0 aliphatic heterocycles. The third kappa shape index (κ3) is 5.06. The second-order valence-electron chi connectivity index (χ2n) is 4.45. The van der Waals surface area contributed by atoms with E-state index in [9.17, 15) is 4.79 Å². The number of benzene rings is 1. The van der Waals surface area contributed by atoms with Gasteiger partial charge in [-0.3, -0.25) is 0 Å². The van der Waals surface area contributed by atoms with Gasteiger partial charge in [0.15, 0.2) is 11.5 Å². The molecule has 0 saturated heterocycles. The lowest BCUT2D eigenvalue weighted by atomic mass is 10.1. The number of hydrogen-bond acceptors (Lipinski definition) is 4. The van der Waals surface area contributed by atoms with Gasteiger partial charge in [-0.2, -0.15) is 0 Å². The fourth-order valence-electron chi connectivity index (χ4n) is 1.90. The van der Waals surface area contributed by atoms with Crippen LogP contribution in [0.2, 0.25) is 0 Å². The van der Waals surface area contributed by atoms with Crippen LogP contribution in [0.5, 0.6) is 17.2 Å². The van der Waals surface area contributed by atoms with E-state index in [1.165, 1.54) is 0 Å². The summed E-state index contributed by atoms with van der Waals surface area (Å²) in [5.41, 5.74) is 0.950. The summed E-state index contributed by atoms with van der Waals surface area (Å²) in [5.74, 6) is 1.97. The number of hydrogen-bond donors (Lipinski definition) is 2. The molecule has 1 aromatic carbocycles. The van der Waals surface area contributed by atoms with Gasteiger partial charge < -0.3 is 24.8 Å². The molecule has 0 fully saturated rings. The summed E-state index contributed by atoms with van der Waals surface area (Å²) in [4.78, 5) is 11.5. The molecule has 0 aromatic heterocycles. The van der Waals surface area contributed by atoms with E-state index in [0.717, 1.165) is 12.0 Å². The van der Waals surface area contributed by atoms with Crippen molar-refractivity contribution in [1.29, 1.82) is 0 Å². The van der Waals surface area contributed by atoms with Crippen molar-refractivity contribution in [3.05, 3.63) is 17.7 Å².